The Labute approximate surface area is 113 Å². The fraction of sp³-hybridized carbons (Fsp3) is 0. The Morgan fingerprint density at radius 3 is 2.05 bits per heavy atom. The number of nitrogens with two attached hydrogens (primary N) is 1. The highest BCUT2D eigenvalue weighted by Gasteiger charge is 2.39. The van der Waals surface area contributed by atoms with Gasteiger partial charge < -0.3 is 4.74 Å². The van der Waals surface area contributed by atoms with Gasteiger partial charge in [0.25, 0.3) is 0 Å². The zero-order valence-corrected chi connectivity index (χ0v) is 10.7. The number of benzene rings is 2. The van der Waals surface area contributed by atoms with Gasteiger partial charge in [0.15, 0.2) is 22.6 Å². The SMILES string of the molecule is NNC(=O)N[S+]1c2ccccc2Oc2ccccc21. The molecule has 0 atom stereocenters. The highest BCUT2D eigenvalue weighted by molar-refractivity contribution is 7.96. The van der Waals surface area contributed by atoms with Gasteiger partial charge in [0, 0.05) is 12.1 Å². The number of nitrogens with one attached hydrogen (secondary N) is 2. The highest BCUT2D eigenvalue weighted by Crippen LogP contribution is 2.41. The van der Waals surface area contributed by atoms with E-state index in [4.69, 9.17) is 10.6 Å². The molecule has 2 aromatic carbocycles. The molecule has 1 aliphatic rings. The van der Waals surface area contributed by atoms with Gasteiger partial charge in [-0.3, -0.25) is 5.43 Å². The molecule has 96 valence electrons. The van der Waals surface area contributed by atoms with Gasteiger partial charge in [0.05, 0.1) is 0 Å². The molecular formula is C13H12N3O2S+. The number of rotatable bonds is 1. The summed E-state index contributed by atoms with van der Waals surface area (Å²) in [6, 6.07) is 14.8. The molecular weight excluding hydrogens is 262 g/mol. The summed E-state index contributed by atoms with van der Waals surface area (Å²) in [7, 11) is 0. The Kier molecular flexibility index (Phi) is 3.02. The molecule has 2 amide bonds. The van der Waals surface area contributed by atoms with Gasteiger partial charge >= 0.3 is 6.03 Å². The predicted molar refractivity (Wildman–Crippen MR) is 72.7 cm³/mol. The van der Waals surface area contributed by atoms with Crippen LogP contribution in [0.3, 0.4) is 0 Å². The third-order valence-electron chi connectivity index (χ3n) is 2.68. The van der Waals surface area contributed by atoms with Crippen LogP contribution in [-0.2, 0) is 11.1 Å². The first-order chi connectivity index (χ1) is 9.29. The number of ether oxygens (including phenoxy) is 1. The van der Waals surface area contributed by atoms with Crippen LogP contribution in [0.5, 0.6) is 11.5 Å². The molecule has 0 saturated heterocycles. The summed E-state index contributed by atoms with van der Waals surface area (Å²) in [5.41, 5.74) is 2.09. The van der Waals surface area contributed by atoms with Crippen molar-refractivity contribution in [2.75, 3.05) is 0 Å². The molecule has 0 radical (unpaired) electrons. The van der Waals surface area contributed by atoms with Gasteiger partial charge in [-0.25, -0.2) is 10.6 Å². The number of urea groups is 1. The third-order valence-corrected chi connectivity index (χ3v) is 4.63. The minimum atomic E-state index is -0.592. The van der Waals surface area contributed by atoms with Crippen molar-refractivity contribution in [1.82, 2.24) is 10.1 Å². The van der Waals surface area contributed by atoms with E-state index in [9.17, 15) is 4.79 Å². The molecule has 0 unspecified atom stereocenters. The lowest BCUT2D eigenvalue weighted by molar-refractivity contribution is 0.246. The molecule has 0 fully saturated rings. The van der Waals surface area contributed by atoms with E-state index in [2.05, 4.69) is 10.1 Å². The molecule has 3 rings (SSSR count). The number of hydrazine groups is 1. The lowest BCUT2D eigenvalue weighted by atomic mass is 10.3. The first-order valence-corrected chi connectivity index (χ1v) is 6.89. The summed E-state index contributed by atoms with van der Waals surface area (Å²) in [5.74, 6) is 6.64. The fourth-order valence-electron chi connectivity index (χ4n) is 1.88. The van der Waals surface area contributed by atoms with Gasteiger partial charge in [0.2, 0.25) is 9.79 Å². The molecule has 0 spiro atoms. The molecule has 6 heteroatoms. The zero-order chi connectivity index (χ0) is 13.2. The molecule has 4 N–H and O–H groups in total. The van der Waals surface area contributed by atoms with E-state index in [1.54, 1.807) is 0 Å². The molecule has 19 heavy (non-hydrogen) atoms. The minimum Gasteiger partial charge on any atom is -0.447 e. The normalized spacial score (nSPS) is 12.9. The summed E-state index contributed by atoms with van der Waals surface area (Å²) < 4.78 is 8.68. The monoisotopic (exact) mass is 274 g/mol. The van der Waals surface area contributed by atoms with Crippen LogP contribution in [0, 0.1) is 0 Å². The van der Waals surface area contributed by atoms with Gasteiger partial charge in [-0.1, -0.05) is 24.3 Å². The van der Waals surface area contributed by atoms with Crippen molar-refractivity contribution in [2.24, 2.45) is 5.84 Å². The number of carbonyl (C=O) groups excluding carboxylic acids is 1. The Bertz CT molecular complexity index is 587. The quantitative estimate of drug-likeness (QED) is 0.322. The van der Waals surface area contributed by atoms with Crippen LogP contribution < -0.4 is 20.7 Å². The van der Waals surface area contributed by atoms with Crippen LogP contribution in [0.1, 0.15) is 0 Å². The summed E-state index contributed by atoms with van der Waals surface area (Å²) >= 11 is -0.592. The maximum absolute atomic E-state index is 11.5. The van der Waals surface area contributed by atoms with E-state index in [1.807, 2.05) is 48.5 Å². The van der Waals surface area contributed by atoms with E-state index in [-0.39, 0.29) is 0 Å². The fourth-order valence-corrected chi connectivity index (χ4v) is 3.63. The summed E-state index contributed by atoms with van der Waals surface area (Å²) in [4.78, 5) is 13.4. The van der Waals surface area contributed by atoms with Crippen molar-refractivity contribution in [3.05, 3.63) is 48.5 Å². The molecule has 0 aromatic heterocycles. The van der Waals surface area contributed by atoms with Gasteiger partial charge in [0.1, 0.15) is 0 Å². The largest absolute Gasteiger partial charge is 0.447 e. The van der Waals surface area contributed by atoms with Crippen molar-refractivity contribution >= 4 is 17.1 Å². The smallest absolute Gasteiger partial charge is 0.370 e. The highest BCUT2D eigenvalue weighted by atomic mass is 32.2. The molecule has 0 saturated carbocycles. The van der Waals surface area contributed by atoms with E-state index in [1.165, 1.54) is 0 Å². The summed E-state index contributed by atoms with van der Waals surface area (Å²) in [6.07, 6.45) is 0. The topological polar surface area (TPSA) is 76.4 Å². The van der Waals surface area contributed by atoms with Crippen molar-refractivity contribution in [3.63, 3.8) is 0 Å². The molecule has 1 aliphatic heterocycles. The van der Waals surface area contributed by atoms with E-state index in [0.717, 1.165) is 21.3 Å². The first kappa shape index (κ1) is 11.9. The zero-order valence-electron chi connectivity index (χ0n) is 9.92. The number of amides is 2. The Morgan fingerprint density at radius 1 is 1.00 bits per heavy atom. The Hall–Kier alpha value is -2.18. The maximum Gasteiger partial charge on any atom is 0.370 e. The first-order valence-electron chi connectivity index (χ1n) is 5.67. The number of para-hydroxylation sites is 2. The van der Waals surface area contributed by atoms with E-state index in [0.29, 0.717) is 0 Å². The lowest BCUT2D eigenvalue weighted by Gasteiger charge is -2.18. The lowest BCUT2D eigenvalue weighted by Crippen LogP contribution is -2.43. The average Bonchev–Trinajstić information content (AvgIpc) is 2.46. The van der Waals surface area contributed by atoms with Crippen molar-refractivity contribution in [3.8, 4) is 11.5 Å². The van der Waals surface area contributed by atoms with Crippen LogP contribution >= 0.6 is 0 Å². The molecule has 0 aliphatic carbocycles. The van der Waals surface area contributed by atoms with Crippen LogP contribution in [0.4, 0.5) is 4.79 Å². The second-order valence-electron chi connectivity index (χ2n) is 3.88. The molecule has 2 aromatic rings. The maximum atomic E-state index is 11.5. The van der Waals surface area contributed by atoms with Gasteiger partial charge in [-0.2, -0.15) is 0 Å². The summed E-state index contributed by atoms with van der Waals surface area (Å²) in [6.45, 7) is 0. The van der Waals surface area contributed by atoms with E-state index >= 15 is 0 Å². The number of fused-ring (bicyclic) bond motifs is 2. The van der Waals surface area contributed by atoms with Gasteiger partial charge in [-0.15, -0.1) is 4.72 Å². The third kappa shape index (κ3) is 2.11. The van der Waals surface area contributed by atoms with Crippen molar-refractivity contribution < 1.29 is 9.53 Å². The van der Waals surface area contributed by atoms with Gasteiger partial charge in [-0.05, 0) is 12.1 Å². The summed E-state index contributed by atoms with van der Waals surface area (Å²) in [5, 5.41) is 0. The van der Waals surface area contributed by atoms with Crippen LogP contribution in [0.15, 0.2) is 58.3 Å². The predicted octanol–water partition coefficient (Wildman–Crippen LogP) is 1.92. The number of hydrogen-bond acceptors (Lipinski definition) is 3. The molecule has 1 heterocycles. The Balaban J connectivity index is 2.08. The number of carbonyl (C=O) groups is 1. The average molecular weight is 274 g/mol. The standard InChI is InChI=1S/C13H11N3O2S/c14-15-13(17)16-19-11-7-3-1-5-9(11)18-10-6-2-4-8-12(10)19/h1-8H,14H2,(H-,15,16,17)/p+1. The second kappa shape index (κ2) is 4.83. The van der Waals surface area contributed by atoms with E-state index < -0.39 is 17.1 Å². The van der Waals surface area contributed by atoms with Crippen molar-refractivity contribution in [1.29, 1.82) is 0 Å². The Morgan fingerprint density at radius 2 is 1.53 bits per heavy atom. The van der Waals surface area contributed by atoms with Crippen LogP contribution in [0.2, 0.25) is 0 Å². The minimum absolute atomic E-state index is 0.421. The van der Waals surface area contributed by atoms with Crippen molar-refractivity contribution in [2.45, 2.75) is 9.79 Å². The van der Waals surface area contributed by atoms with Crippen LogP contribution in [-0.4, -0.2) is 6.03 Å². The molecule has 5 nitrogen and oxygen atoms in total. The van der Waals surface area contributed by atoms with Crippen LogP contribution in [0.25, 0.3) is 0 Å². The number of hydrogen-bond donors (Lipinski definition) is 3. The second-order valence-corrected chi connectivity index (χ2v) is 5.57. The molecule has 0 bridgehead atoms.